The van der Waals surface area contributed by atoms with Gasteiger partial charge in [-0.15, -0.1) is 0 Å². The molecule has 0 fully saturated rings. The van der Waals surface area contributed by atoms with Gasteiger partial charge in [0.2, 0.25) is 5.91 Å². The van der Waals surface area contributed by atoms with Gasteiger partial charge in [-0.25, -0.2) is 0 Å². The summed E-state index contributed by atoms with van der Waals surface area (Å²) < 4.78 is 5.90. The van der Waals surface area contributed by atoms with Crippen LogP contribution in [0.1, 0.15) is 252 Å². The number of esters is 1. The van der Waals surface area contributed by atoms with Gasteiger partial charge in [0.05, 0.1) is 25.2 Å². The Balaban J connectivity index is 4.54. The van der Waals surface area contributed by atoms with E-state index in [1.54, 1.807) is 0 Å². The zero-order valence-corrected chi connectivity index (χ0v) is 39.1. The molecule has 0 aliphatic rings. The molecule has 0 aliphatic heterocycles. The van der Waals surface area contributed by atoms with Crippen molar-refractivity contribution < 1.29 is 24.5 Å². The zero-order valence-electron chi connectivity index (χ0n) is 39.1. The molecule has 0 aromatic heterocycles. The normalized spacial score (nSPS) is 13.6. The molecule has 0 saturated carbocycles. The molecule has 3 atom stereocenters. The second kappa shape index (κ2) is 46.9. The van der Waals surface area contributed by atoms with E-state index < -0.39 is 18.2 Å². The van der Waals surface area contributed by atoms with Gasteiger partial charge in [-0.1, -0.05) is 211 Å². The molecule has 3 unspecified atom stereocenters. The fourth-order valence-corrected chi connectivity index (χ4v) is 7.56. The van der Waals surface area contributed by atoms with Crippen LogP contribution in [0.2, 0.25) is 0 Å². The van der Waals surface area contributed by atoms with Crippen LogP contribution in [0.5, 0.6) is 0 Å². The zero-order chi connectivity index (χ0) is 43.1. The lowest BCUT2D eigenvalue weighted by molar-refractivity contribution is -0.151. The molecular formula is C53H97NO5. The van der Waals surface area contributed by atoms with Crippen molar-refractivity contribution in [1.29, 1.82) is 0 Å². The Morgan fingerprint density at radius 2 is 0.949 bits per heavy atom. The Labute approximate surface area is 366 Å². The van der Waals surface area contributed by atoms with E-state index >= 15 is 0 Å². The second-order valence-corrected chi connectivity index (χ2v) is 17.2. The monoisotopic (exact) mass is 828 g/mol. The van der Waals surface area contributed by atoms with Crippen molar-refractivity contribution in [3.63, 3.8) is 0 Å². The number of unbranched alkanes of at least 4 members (excludes halogenated alkanes) is 25. The number of allylic oxidation sites excluding steroid dienone is 8. The van der Waals surface area contributed by atoms with Gasteiger partial charge in [-0.2, -0.15) is 0 Å². The van der Waals surface area contributed by atoms with E-state index in [0.29, 0.717) is 19.3 Å². The molecule has 6 nitrogen and oxygen atoms in total. The number of carbonyl (C=O) groups excluding carboxylic acids is 2. The first-order chi connectivity index (χ1) is 29.0. The molecule has 0 heterocycles. The van der Waals surface area contributed by atoms with Crippen LogP contribution in [0.4, 0.5) is 0 Å². The van der Waals surface area contributed by atoms with E-state index in [9.17, 15) is 19.8 Å². The van der Waals surface area contributed by atoms with Gasteiger partial charge in [0.15, 0.2) is 0 Å². The van der Waals surface area contributed by atoms with Crippen LogP contribution in [-0.4, -0.2) is 46.9 Å². The number of aliphatic hydroxyl groups excluding tert-OH is 2. The molecule has 6 heteroatoms. The van der Waals surface area contributed by atoms with Crippen molar-refractivity contribution in [2.45, 2.75) is 270 Å². The summed E-state index contributed by atoms with van der Waals surface area (Å²) in [7, 11) is 0. The van der Waals surface area contributed by atoms with E-state index in [2.05, 4.69) is 74.7 Å². The molecule has 0 aromatic rings. The molecule has 0 saturated heterocycles. The van der Waals surface area contributed by atoms with Crippen molar-refractivity contribution in [1.82, 2.24) is 5.32 Å². The summed E-state index contributed by atoms with van der Waals surface area (Å²) in [5, 5.41) is 23.8. The number of ether oxygens (including phenoxy) is 1. The molecule has 0 aromatic carbocycles. The molecule has 0 rings (SSSR count). The maximum Gasteiger partial charge on any atom is 0.306 e. The fraction of sp³-hybridized carbons (Fsp3) is 0.811. The van der Waals surface area contributed by atoms with Crippen LogP contribution in [0.3, 0.4) is 0 Å². The lowest BCUT2D eigenvalue weighted by Crippen LogP contribution is -2.46. The van der Waals surface area contributed by atoms with E-state index in [-0.39, 0.29) is 24.9 Å². The molecular weight excluding hydrogens is 731 g/mol. The van der Waals surface area contributed by atoms with Gasteiger partial charge >= 0.3 is 5.97 Å². The summed E-state index contributed by atoms with van der Waals surface area (Å²) in [5.74, 6) is -0.505. The summed E-state index contributed by atoms with van der Waals surface area (Å²) in [5.41, 5.74) is 0. The van der Waals surface area contributed by atoms with Crippen LogP contribution in [0.25, 0.3) is 0 Å². The first kappa shape index (κ1) is 56.8. The lowest BCUT2D eigenvalue weighted by atomic mass is 10.0. The summed E-state index contributed by atoms with van der Waals surface area (Å²) in [6.07, 6.45) is 56.0. The van der Waals surface area contributed by atoms with Crippen LogP contribution in [0.15, 0.2) is 48.6 Å². The minimum Gasteiger partial charge on any atom is -0.462 e. The Morgan fingerprint density at radius 3 is 1.47 bits per heavy atom. The minimum atomic E-state index is -0.794. The first-order valence-corrected chi connectivity index (χ1v) is 25.4. The Kier molecular flexibility index (Phi) is 45.1. The average Bonchev–Trinajstić information content (AvgIpc) is 3.23. The van der Waals surface area contributed by atoms with Crippen LogP contribution >= 0.6 is 0 Å². The van der Waals surface area contributed by atoms with Crippen molar-refractivity contribution in [3.8, 4) is 0 Å². The number of nitrogens with one attached hydrogen (secondary N) is 1. The summed E-state index contributed by atoms with van der Waals surface area (Å²) in [4.78, 5) is 26.1. The minimum absolute atomic E-state index is 0.0596. The van der Waals surface area contributed by atoms with Gasteiger partial charge in [-0.3, -0.25) is 9.59 Å². The van der Waals surface area contributed by atoms with Crippen molar-refractivity contribution in [3.05, 3.63) is 48.6 Å². The SMILES string of the molecule is CC/C=C/C/C=C/C/C=C/CCCCCCC(CC(=O)NC(CO)C(O)CCCCCCCCCCCCCCCCCC)OC(=O)CCCCCCC/C=C\CCC. The molecule has 59 heavy (non-hydrogen) atoms. The maximum atomic E-state index is 13.2. The Morgan fingerprint density at radius 1 is 0.508 bits per heavy atom. The highest BCUT2D eigenvalue weighted by molar-refractivity contribution is 5.77. The molecule has 344 valence electrons. The quantitative estimate of drug-likeness (QED) is 0.0323. The second-order valence-electron chi connectivity index (χ2n) is 17.2. The highest BCUT2D eigenvalue weighted by Gasteiger charge is 2.24. The maximum absolute atomic E-state index is 13.2. The number of carbonyl (C=O) groups is 2. The number of aliphatic hydroxyl groups is 2. The van der Waals surface area contributed by atoms with Crippen molar-refractivity contribution in [2.24, 2.45) is 0 Å². The van der Waals surface area contributed by atoms with Gasteiger partial charge in [0.25, 0.3) is 0 Å². The predicted octanol–water partition coefficient (Wildman–Crippen LogP) is 15.1. The summed E-state index contributed by atoms with van der Waals surface area (Å²) in [6.45, 7) is 6.31. The number of rotatable bonds is 45. The van der Waals surface area contributed by atoms with Gasteiger partial charge < -0.3 is 20.3 Å². The largest absolute Gasteiger partial charge is 0.462 e. The molecule has 0 bridgehead atoms. The van der Waals surface area contributed by atoms with Crippen LogP contribution in [0, 0.1) is 0 Å². The van der Waals surface area contributed by atoms with E-state index in [0.717, 1.165) is 103 Å². The molecule has 1 amide bonds. The van der Waals surface area contributed by atoms with Crippen LogP contribution in [-0.2, 0) is 14.3 Å². The summed E-state index contributed by atoms with van der Waals surface area (Å²) in [6, 6.07) is -0.709. The molecule has 0 aliphatic carbocycles. The van der Waals surface area contributed by atoms with Crippen LogP contribution < -0.4 is 5.32 Å². The average molecular weight is 828 g/mol. The molecule has 3 N–H and O–H groups in total. The number of amides is 1. The molecule has 0 radical (unpaired) electrons. The topological polar surface area (TPSA) is 95.9 Å². The third kappa shape index (κ3) is 42.3. The van der Waals surface area contributed by atoms with Gasteiger partial charge in [0, 0.05) is 6.42 Å². The fourth-order valence-electron chi connectivity index (χ4n) is 7.56. The van der Waals surface area contributed by atoms with E-state index in [1.165, 1.54) is 103 Å². The third-order valence-electron chi connectivity index (χ3n) is 11.4. The lowest BCUT2D eigenvalue weighted by Gasteiger charge is -2.24. The van der Waals surface area contributed by atoms with E-state index in [4.69, 9.17) is 4.74 Å². The van der Waals surface area contributed by atoms with Crippen molar-refractivity contribution >= 4 is 11.9 Å². The van der Waals surface area contributed by atoms with Crippen molar-refractivity contribution in [2.75, 3.05) is 6.61 Å². The molecule has 0 spiro atoms. The Hall–Kier alpha value is -2.18. The highest BCUT2D eigenvalue weighted by Crippen LogP contribution is 2.18. The summed E-state index contributed by atoms with van der Waals surface area (Å²) >= 11 is 0. The standard InChI is InChI=1S/C53H97NO5/c1-4-7-10-13-16-19-22-24-26-27-29-31-33-36-39-42-45-51(56)50(48-55)54-52(57)47-49(59-53(58)46-43-40-37-34-21-18-15-12-9-6-3)44-41-38-35-32-30-28-25-23-20-17-14-11-8-5-2/h8,11-12,15,17,20,25,28,49-51,55-56H,4-7,9-10,13-14,16,18-19,21-24,26-27,29-48H2,1-3H3,(H,54,57)/b11-8+,15-12-,20-17+,28-25+. The number of hydrogen-bond acceptors (Lipinski definition) is 5. The van der Waals surface area contributed by atoms with Gasteiger partial charge in [-0.05, 0) is 77.0 Å². The van der Waals surface area contributed by atoms with E-state index in [1.807, 2.05) is 0 Å². The Bertz CT molecular complexity index is 1020. The van der Waals surface area contributed by atoms with Gasteiger partial charge in [0.1, 0.15) is 6.10 Å². The predicted molar refractivity (Wildman–Crippen MR) is 255 cm³/mol. The number of hydrogen-bond donors (Lipinski definition) is 3. The third-order valence-corrected chi connectivity index (χ3v) is 11.4. The first-order valence-electron chi connectivity index (χ1n) is 25.4. The highest BCUT2D eigenvalue weighted by atomic mass is 16.5. The smallest absolute Gasteiger partial charge is 0.306 e.